The maximum atomic E-state index is 12.1. The first-order chi connectivity index (χ1) is 15.6. The Morgan fingerprint density at radius 3 is 2.82 bits per heavy atom. The van der Waals surface area contributed by atoms with E-state index in [9.17, 15) is 28.5 Å². The predicted octanol–water partition coefficient (Wildman–Crippen LogP) is -1.55. The van der Waals surface area contributed by atoms with E-state index in [4.69, 9.17) is 26.3 Å². The van der Waals surface area contributed by atoms with E-state index in [1.54, 1.807) is 4.72 Å². The van der Waals surface area contributed by atoms with Crippen molar-refractivity contribution in [1.29, 1.82) is 0 Å². The van der Waals surface area contributed by atoms with Gasteiger partial charge in [0.05, 0.1) is 12.9 Å². The lowest BCUT2D eigenvalue weighted by Crippen LogP contribution is -2.38. The zero-order chi connectivity index (χ0) is 23.9. The summed E-state index contributed by atoms with van der Waals surface area (Å²) in [6.45, 7) is -0.763. The quantitative estimate of drug-likeness (QED) is 0.303. The summed E-state index contributed by atoms with van der Waals surface area (Å²) in [5, 5.41) is 32.3. The number of hydrogen-bond acceptors (Lipinski definition) is 12. The SMILES string of the molecule is Nc1ncnc2c1ncn2C1OC(COS(=O)(=O)NC(=O)c2cccc(Cl)c2[O-])[C@@H](O)[C@H]1O. The number of nitrogen functional groups attached to an aromatic ring is 1. The van der Waals surface area contributed by atoms with Crippen LogP contribution >= 0.6 is 11.6 Å². The largest absolute Gasteiger partial charge is 0.871 e. The Kier molecular flexibility index (Phi) is 6.08. The van der Waals surface area contributed by atoms with Crippen LogP contribution in [0.25, 0.3) is 11.2 Å². The van der Waals surface area contributed by atoms with Gasteiger partial charge < -0.3 is 25.8 Å². The Labute approximate surface area is 190 Å². The lowest BCUT2D eigenvalue weighted by Gasteiger charge is -2.17. The van der Waals surface area contributed by atoms with Crippen LogP contribution in [0.3, 0.4) is 0 Å². The highest BCUT2D eigenvalue weighted by molar-refractivity contribution is 7.85. The number of fused-ring (bicyclic) bond motifs is 1. The number of carbonyl (C=O) groups excluding carboxylic acids is 1. The Bertz CT molecular complexity index is 1320. The van der Waals surface area contributed by atoms with Crippen molar-refractivity contribution < 1.29 is 37.5 Å². The molecule has 0 radical (unpaired) electrons. The number of hydrogen-bond donors (Lipinski definition) is 4. The number of nitrogens with zero attached hydrogens (tertiary/aromatic N) is 4. The number of para-hydroxylation sites is 1. The molecule has 0 aliphatic carbocycles. The highest BCUT2D eigenvalue weighted by Crippen LogP contribution is 2.32. The molecule has 3 heterocycles. The van der Waals surface area contributed by atoms with Crippen molar-refractivity contribution in [1.82, 2.24) is 24.2 Å². The van der Waals surface area contributed by atoms with E-state index in [1.165, 1.54) is 29.4 Å². The summed E-state index contributed by atoms with van der Waals surface area (Å²) in [5.41, 5.74) is 5.68. The van der Waals surface area contributed by atoms with E-state index >= 15 is 0 Å². The maximum absolute atomic E-state index is 12.1. The number of imidazole rings is 1. The van der Waals surface area contributed by atoms with E-state index in [-0.39, 0.29) is 22.0 Å². The van der Waals surface area contributed by atoms with Gasteiger partial charge in [-0.05, 0) is 12.1 Å². The Morgan fingerprint density at radius 1 is 1.30 bits per heavy atom. The number of halogens is 1. The number of nitrogens with two attached hydrogens (primary N) is 1. The summed E-state index contributed by atoms with van der Waals surface area (Å²) in [7, 11) is -4.71. The van der Waals surface area contributed by atoms with Crippen molar-refractivity contribution in [2.24, 2.45) is 0 Å². The number of anilines is 1. The third-order valence-corrected chi connectivity index (χ3v) is 5.99. The lowest BCUT2D eigenvalue weighted by atomic mass is 10.1. The minimum atomic E-state index is -4.71. The van der Waals surface area contributed by atoms with Crippen LogP contribution in [-0.4, -0.2) is 69.0 Å². The van der Waals surface area contributed by atoms with Crippen LogP contribution < -0.4 is 15.6 Å². The number of benzene rings is 1. The van der Waals surface area contributed by atoms with Gasteiger partial charge in [-0.3, -0.25) is 13.5 Å². The molecule has 1 aromatic carbocycles. The molecule has 1 aliphatic rings. The molecule has 1 aliphatic heterocycles. The number of aliphatic hydroxyl groups excluding tert-OH is 2. The fourth-order valence-electron chi connectivity index (χ4n) is 3.20. The number of ether oxygens (including phenoxy) is 1. The molecule has 2 unspecified atom stereocenters. The van der Waals surface area contributed by atoms with E-state index in [0.29, 0.717) is 0 Å². The van der Waals surface area contributed by atoms with Gasteiger partial charge in [-0.25, -0.2) is 19.7 Å². The molecule has 2 aromatic heterocycles. The van der Waals surface area contributed by atoms with Gasteiger partial charge in [0.1, 0.15) is 30.2 Å². The topological polar surface area (TPSA) is 215 Å². The average Bonchev–Trinajstić information content (AvgIpc) is 3.31. The minimum Gasteiger partial charge on any atom is -0.871 e. The first kappa shape index (κ1) is 23.1. The summed E-state index contributed by atoms with van der Waals surface area (Å²) in [6, 6.07) is 3.64. The van der Waals surface area contributed by atoms with Crippen molar-refractivity contribution in [3.05, 3.63) is 41.4 Å². The first-order valence-corrected chi connectivity index (χ1v) is 11.0. The molecule has 4 atom stereocenters. The maximum Gasteiger partial charge on any atom is 0.362 e. The summed E-state index contributed by atoms with van der Waals surface area (Å²) in [6.07, 6.45) is -3.12. The van der Waals surface area contributed by atoms with Gasteiger partial charge >= 0.3 is 10.3 Å². The van der Waals surface area contributed by atoms with Gasteiger partial charge in [0.15, 0.2) is 17.7 Å². The van der Waals surface area contributed by atoms with E-state index in [2.05, 4.69) is 15.0 Å². The number of carbonyl (C=O) groups is 1. The smallest absolute Gasteiger partial charge is 0.362 e. The molecule has 4 rings (SSSR count). The average molecular weight is 500 g/mol. The van der Waals surface area contributed by atoms with Crippen molar-refractivity contribution >= 4 is 44.8 Å². The fourth-order valence-corrected chi connectivity index (χ4v) is 4.08. The normalized spacial score (nSPS) is 23.1. The summed E-state index contributed by atoms with van der Waals surface area (Å²) < 4.78 is 37.4. The Balaban J connectivity index is 1.44. The van der Waals surface area contributed by atoms with Gasteiger partial charge in [-0.1, -0.05) is 23.4 Å². The third kappa shape index (κ3) is 4.41. The van der Waals surface area contributed by atoms with Crippen LogP contribution in [0.4, 0.5) is 5.82 Å². The van der Waals surface area contributed by atoms with Gasteiger partial charge in [0, 0.05) is 10.6 Å². The molecule has 0 saturated carbocycles. The van der Waals surface area contributed by atoms with Crippen LogP contribution in [0.15, 0.2) is 30.9 Å². The minimum absolute atomic E-state index is 0.0921. The standard InChI is InChI=1S/C17H17ClN6O8S/c18-8-3-1-2-7(11(8)25)16(28)23-33(29,30)31-4-9-12(26)13(27)17(32-9)24-6-22-10-14(19)20-5-21-15(10)24/h1-3,5-6,9,12-13,17,25-27H,4H2,(H,23,28)(H2,19,20,21)/p-1/t9?,12-,13-,17?/m1/s1. The van der Waals surface area contributed by atoms with Gasteiger partial charge in [-0.15, -0.1) is 0 Å². The zero-order valence-corrected chi connectivity index (χ0v) is 18.0. The van der Waals surface area contributed by atoms with Crippen molar-refractivity contribution in [3.8, 4) is 5.75 Å². The number of aromatic nitrogens is 4. The summed E-state index contributed by atoms with van der Waals surface area (Å²) >= 11 is 5.64. The van der Waals surface area contributed by atoms with Crippen molar-refractivity contribution in [2.75, 3.05) is 12.3 Å². The molecule has 176 valence electrons. The molecular weight excluding hydrogens is 484 g/mol. The van der Waals surface area contributed by atoms with E-state index in [1.807, 2.05) is 0 Å². The molecule has 1 amide bonds. The van der Waals surface area contributed by atoms with Crippen LogP contribution in [0.5, 0.6) is 5.75 Å². The third-order valence-electron chi connectivity index (χ3n) is 4.82. The molecule has 5 N–H and O–H groups in total. The monoisotopic (exact) mass is 499 g/mol. The molecule has 0 spiro atoms. The number of amides is 1. The second-order valence-corrected chi connectivity index (χ2v) is 8.67. The van der Waals surface area contributed by atoms with Crippen LogP contribution in [0.1, 0.15) is 16.6 Å². The highest BCUT2D eigenvalue weighted by atomic mass is 35.5. The summed E-state index contributed by atoms with van der Waals surface area (Å²) in [5.74, 6) is -2.02. The first-order valence-electron chi connectivity index (χ1n) is 9.20. The molecule has 16 heteroatoms. The summed E-state index contributed by atoms with van der Waals surface area (Å²) in [4.78, 5) is 24.0. The van der Waals surface area contributed by atoms with Crippen LogP contribution in [0.2, 0.25) is 5.02 Å². The molecule has 1 fully saturated rings. The molecule has 0 bridgehead atoms. The molecule has 33 heavy (non-hydrogen) atoms. The number of nitrogens with one attached hydrogen (secondary N) is 1. The van der Waals surface area contributed by atoms with E-state index < -0.39 is 58.7 Å². The molecule has 3 aromatic rings. The van der Waals surface area contributed by atoms with Gasteiger partial charge in [0.2, 0.25) is 0 Å². The second-order valence-electron chi connectivity index (χ2n) is 6.92. The van der Waals surface area contributed by atoms with Crippen molar-refractivity contribution in [3.63, 3.8) is 0 Å². The Hall–Kier alpha value is -3.08. The predicted molar refractivity (Wildman–Crippen MR) is 109 cm³/mol. The van der Waals surface area contributed by atoms with Crippen LogP contribution in [0, 0.1) is 0 Å². The molecule has 1 saturated heterocycles. The number of rotatable bonds is 6. The lowest BCUT2D eigenvalue weighted by molar-refractivity contribution is -0.268. The highest BCUT2D eigenvalue weighted by Gasteiger charge is 2.45. The fraction of sp³-hybridized carbons (Fsp3) is 0.294. The van der Waals surface area contributed by atoms with Crippen molar-refractivity contribution in [2.45, 2.75) is 24.5 Å². The zero-order valence-electron chi connectivity index (χ0n) is 16.4. The number of aliphatic hydroxyl groups is 2. The van der Waals surface area contributed by atoms with Gasteiger partial charge in [0.25, 0.3) is 5.91 Å². The van der Waals surface area contributed by atoms with Gasteiger partial charge in [-0.2, -0.15) is 8.42 Å². The van der Waals surface area contributed by atoms with E-state index in [0.717, 1.165) is 6.07 Å². The molecule has 14 nitrogen and oxygen atoms in total. The Morgan fingerprint density at radius 2 is 2.06 bits per heavy atom. The molecular formula is C17H16ClN6O8S-. The second kappa shape index (κ2) is 8.69. The van der Waals surface area contributed by atoms with Crippen LogP contribution in [-0.2, 0) is 19.2 Å².